The summed E-state index contributed by atoms with van der Waals surface area (Å²) >= 11 is 0. The third-order valence-electron chi connectivity index (χ3n) is 5.20. The van der Waals surface area contributed by atoms with E-state index in [-0.39, 0.29) is 6.03 Å². The van der Waals surface area contributed by atoms with Gasteiger partial charge >= 0.3 is 6.03 Å². The first kappa shape index (κ1) is 18.3. The van der Waals surface area contributed by atoms with E-state index in [1.165, 1.54) is 0 Å². The van der Waals surface area contributed by atoms with E-state index < -0.39 is 0 Å². The van der Waals surface area contributed by atoms with Gasteiger partial charge in [0.1, 0.15) is 5.52 Å². The lowest BCUT2D eigenvalue weighted by molar-refractivity contribution is 0.248. The normalized spacial score (nSPS) is 15.0. The Morgan fingerprint density at radius 3 is 2.57 bits per heavy atom. The molecule has 0 unspecified atom stereocenters. The molecule has 28 heavy (non-hydrogen) atoms. The van der Waals surface area contributed by atoms with Crippen LogP contribution in [0.1, 0.15) is 24.0 Å². The average Bonchev–Trinajstić information content (AvgIpc) is 3.10. The number of hydrogen-bond donors (Lipinski definition) is 2. The van der Waals surface area contributed by atoms with Gasteiger partial charge in [-0.05, 0) is 68.0 Å². The van der Waals surface area contributed by atoms with Crippen molar-refractivity contribution >= 4 is 28.8 Å². The molecule has 1 saturated heterocycles. The van der Waals surface area contributed by atoms with E-state index in [0.717, 1.165) is 53.8 Å². The summed E-state index contributed by atoms with van der Waals surface area (Å²) in [5.74, 6) is 0.464. The van der Waals surface area contributed by atoms with Gasteiger partial charge in [0.15, 0.2) is 5.58 Å². The Hall–Kier alpha value is -3.02. The smallest absolute Gasteiger partial charge is 0.319 e. The standard InChI is InChI=1S/C22H26N4O2/c1-15-11-16(2)13-18(12-15)24-21(27)23-14-17-7-9-26(10-8-17)22-25-19-5-3-4-6-20(19)28-22/h3-6,11-13,17H,7-10,14H2,1-2H3,(H2,23,24,27). The second-order valence-corrected chi connectivity index (χ2v) is 7.61. The predicted molar refractivity (Wildman–Crippen MR) is 112 cm³/mol. The quantitative estimate of drug-likeness (QED) is 0.702. The van der Waals surface area contributed by atoms with E-state index in [0.29, 0.717) is 18.5 Å². The van der Waals surface area contributed by atoms with Crippen LogP contribution >= 0.6 is 0 Å². The van der Waals surface area contributed by atoms with Crippen LogP contribution in [0, 0.1) is 19.8 Å². The highest BCUT2D eigenvalue weighted by Crippen LogP contribution is 2.26. The first-order valence-electron chi connectivity index (χ1n) is 9.80. The lowest BCUT2D eigenvalue weighted by Gasteiger charge is -2.30. The van der Waals surface area contributed by atoms with Crippen molar-refractivity contribution in [3.05, 3.63) is 53.6 Å². The van der Waals surface area contributed by atoms with E-state index in [1.54, 1.807) is 0 Å². The van der Waals surface area contributed by atoms with Gasteiger partial charge in [0.05, 0.1) is 0 Å². The summed E-state index contributed by atoms with van der Waals surface area (Å²) in [4.78, 5) is 19.0. The molecule has 146 valence electrons. The summed E-state index contributed by atoms with van der Waals surface area (Å²) in [6.45, 7) is 6.51. The maximum atomic E-state index is 12.2. The zero-order chi connectivity index (χ0) is 19.5. The fourth-order valence-corrected chi connectivity index (χ4v) is 3.78. The number of oxazole rings is 1. The number of aryl methyl sites for hydroxylation is 2. The molecule has 4 rings (SSSR count). The monoisotopic (exact) mass is 378 g/mol. The number of carbonyl (C=O) groups excluding carboxylic acids is 1. The highest BCUT2D eigenvalue weighted by Gasteiger charge is 2.23. The summed E-state index contributed by atoms with van der Waals surface area (Å²) in [7, 11) is 0. The van der Waals surface area contributed by atoms with E-state index >= 15 is 0 Å². The van der Waals surface area contributed by atoms with Crippen molar-refractivity contribution in [3.63, 3.8) is 0 Å². The van der Waals surface area contributed by atoms with Gasteiger partial charge in [-0.2, -0.15) is 4.98 Å². The van der Waals surface area contributed by atoms with Crippen LogP contribution in [-0.4, -0.2) is 30.6 Å². The zero-order valence-corrected chi connectivity index (χ0v) is 16.4. The van der Waals surface area contributed by atoms with Crippen LogP contribution in [0.25, 0.3) is 11.1 Å². The number of hydrogen-bond acceptors (Lipinski definition) is 4. The molecule has 1 aliphatic rings. The molecule has 0 bridgehead atoms. The molecule has 6 nitrogen and oxygen atoms in total. The molecular formula is C22H26N4O2. The average molecular weight is 378 g/mol. The minimum absolute atomic E-state index is 0.147. The molecule has 0 spiro atoms. The fraction of sp³-hybridized carbons (Fsp3) is 0.364. The van der Waals surface area contributed by atoms with Crippen molar-refractivity contribution in [2.45, 2.75) is 26.7 Å². The first-order chi connectivity index (χ1) is 13.6. The lowest BCUT2D eigenvalue weighted by Crippen LogP contribution is -2.40. The highest BCUT2D eigenvalue weighted by molar-refractivity contribution is 5.89. The molecule has 0 saturated carbocycles. The van der Waals surface area contributed by atoms with E-state index in [9.17, 15) is 4.79 Å². The molecule has 0 radical (unpaired) electrons. The van der Waals surface area contributed by atoms with Gasteiger partial charge in [-0.25, -0.2) is 4.79 Å². The van der Waals surface area contributed by atoms with E-state index in [1.807, 2.05) is 50.2 Å². The molecule has 2 N–H and O–H groups in total. The number of fused-ring (bicyclic) bond motifs is 1. The molecule has 1 aliphatic heterocycles. The number of anilines is 2. The maximum Gasteiger partial charge on any atom is 0.319 e. The third kappa shape index (κ3) is 4.27. The number of nitrogens with zero attached hydrogens (tertiary/aromatic N) is 2. The van der Waals surface area contributed by atoms with Gasteiger partial charge in [0, 0.05) is 25.3 Å². The molecule has 0 aliphatic carbocycles. The number of carbonyl (C=O) groups is 1. The number of urea groups is 1. The molecule has 2 amide bonds. The third-order valence-corrected chi connectivity index (χ3v) is 5.20. The predicted octanol–water partition coefficient (Wildman–Crippen LogP) is 4.48. The Labute approximate surface area is 164 Å². The van der Waals surface area contributed by atoms with Crippen molar-refractivity contribution in [3.8, 4) is 0 Å². The van der Waals surface area contributed by atoms with Gasteiger partial charge in [-0.1, -0.05) is 18.2 Å². The highest BCUT2D eigenvalue weighted by atomic mass is 16.4. The molecule has 2 aromatic carbocycles. The number of aromatic nitrogens is 1. The Morgan fingerprint density at radius 2 is 1.86 bits per heavy atom. The number of piperidine rings is 1. The van der Waals surface area contributed by atoms with Gasteiger partial charge in [-0.15, -0.1) is 0 Å². The molecule has 6 heteroatoms. The van der Waals surface area contributed by atoms with Crippen molar-refractivity contribution in [1.29, 1.82) is 0 Å². The minimum atomic E-state index is -0.147. The van der Waals surface area contributed by atoms with Gasteiger partial charge in [-0.3, -0.25) is 0 Å². The fourth-order valence-electron chi connectivity index (χ4n) is 3.78. The molecular weight excluding hydrogens is 352 g/mol. The Bertz CT molecular complexity index is 920. The van der Waals surface area contributed by atoms with Gasteiger partial charge in [0.2, 0.25) is 0 Å². The molecule has 2 heterocycles. The van der Waals surface area contributed by atoms with Crippen molar-refractivity contribution in [2.24, 2.45) is 5.92 Å². The molecule has 3 aromatic rings. The summed E-state index contributed by atoms with van der Waals surface area (Å²) < 4.78 is 5.86. The van der Waals surface area contributed by atoms with Gasteiger partial charge in [0.25, 0.3) is 6.01 Å². The Morgan fingerprint density at radius 1 is 1.14 bits per heavy atom. The Balaban J connectivity index is 1.25. The number of rotatable bonds is 4. The van der Waals surface area contributed by atoms with Crippen LogP contribution in [0.3, 0.4) is 0 Å². The number of benzene rings is 2. The second-order valence-electron chi connectivity index (χ2n) is 7.61. The van der Waals surface area contributed by atoms with E-state index in [2.05, 4.69) is 26.6 Å². The number of para-hydroxylation sites is 2. The molecule has 1 fully saturated rings. The van der Waals surface area contributed by atoms with Crippen LogP contribution in [-0.2, 0) is 0 Å². The summed E-state index contributed by atoms with van der Waals surface area (Å²) in [6.07, 6.45) is 2.01. The largest absolute Gasteiger partial charge is 0.423 e. The summed E-state index contributed by atoms with van der Waals surface area (Å²) in [5.41, 5.74) is 4.83. The number of nitrogens with one attached hydrogen (secondary N) is 2. The molecule has 0 atom stereocenters. The van der Waals surface area contributed by atoms with Crippen LogP contribution in [0.4, 0.5) is 16.5 Å². The maximum absolute atomic E-state index is 12.2. The topological polar surface area (TPSA) is 70.4 Å². The SMILES string of the molecule is Cc1cc(C)cc(NC(=O)NCC2CCN(c3nc4ccccc4o3)CC2)c1. The van der Waals surface area contributed by atoms with E-state index in [4.69, 9.17) is 4.42 Å². The number of amides is 2. The van der Waals surface area contributed by atoms with Crippen LogP contribution in [0.15, 0.2) is 46.9 Å². The first-order valence-corrected chi connectivity index (χ1v) is 9.80. The Kier molecular flexibility index (Phi) is 5.19. The van der Waals surface area contributed by atoms with Crippen LogP contribution in [0.2, 0.25) is 0 Å². The van der Waals surface area contributed by atoms with Crippen LogP contribution < -0.4 is 15.5 Å². The molecule has 1 aromatic heterocycles. The summed E-state index contributed by atoms with van der Waals surface area (Å²) in [6, 6.07) is 14.4. The van der Waals surface area contributed by atoms with Crippen molar-refractivity contribution in [1.82, 2.24) is 10.3 Å². The van der Waals surface area contributed by atoms with Crippen molar-refractivity contribution in [2.75, 3.05) is 29.9 Å². The summed E-state index contributed by atoms with van der Waals surface area (Å²) in [5, 5.41) is 5.94. The van der Waals surface area contributed by atoms with Crippen LogP contribution in [0.5, 0.6) is 0 Å². The van der Waals surface area contributed by atoms with Gasteiger partial charge < -0.3 is 20.0 Å². The minimum Gasteiger partial charge on any atom is -0.423 e. The van der Waals surface area contributed by atoms with Crippen molar-refractivity contribution < 1.29 is 9.21 Å². The lowest BCUT2D eigenvalue weighted by atomic mass is 9.97. The second kappa shape index (κ2) is 7.92. The zero-order valence-electron chi connectivity index (χ0n) is 16.4.